The first-order chi connectivity index (χ1) is 9.72. The first kappa shape index (κ1) is 13.3. The number of fused-ring (bicyclic) bond motifs is 1. The molecule has 0 spiro atoms. The Morgan fingerprint density at radius 3 is 2.80 bits per heavy atom. The third kappa shape index (κ3) is 2.36. The summed E-state index contributed by atoms with van der Waals surface area (Å²) in [5.41, 5.74) is 9.00. The number of benzene rings is 1. The second-order valence-corrected chi connectivity index (χ2v) is 5.77. The van der Waals surface area contributed by atoms with Gasteiger partial charge < -0.3 is 10.6 Å². The molecule has 1 aliphatic rings. The van der Waals surface area contributed by atoms with E-state index < -0.39 is 0 Å². The number of anilines is 1. The first-order valence-electron chi connectivity index (χ1n) is 7.16. The Bertz CT molecular complexity index is 649. The highest BCUT2D eigenvalue weighted by molar-refractivity contribution is 7.80. The molecule has 0 amide bonds. The quantitative estimate of drug-likeness (QED) is 0.856. The molecule has 20 heavy (non-hydrogen) atoms. The van der Waals surface area contributed by atoms with Crippen LogP contribution < -0.4 is 10.6 Å². The Hall–Kier alpha value is -1.68. The van der Waals surface area contributed by atoms with E-state index in [0.29, 0.717) is 11.0 Å². The predicted octanol–water partition coefficient (Wildman–Crippen LogP) is 3.25. The zero-order valence-electron chi connectivity index (χ0n) is 11.7. The number of thiocarbonyl (C=S) groups is 1. The summed E-state index contributed by atoms with van der Waals surface area (Å²) in [6, 6.07) is 8.85. The Morgan fingerprint density at radius 2 is 2.15 bits per heavy atom. The van der Waals surface area contributed by atoms with Gasteiger partial charge >= 0.3 is 0 Å². The number of nitrogens with zero attached hydrogens (tertiary/aromatic N) is 2. The van der Waals surface area contributed by atoms with Gasteiger partial charge in [0.05, 0.1) is 16.8 Å². The van der Waals surface area contributed by atoms with Crippen molar-refractivity contribution >= 4 is 33.8 Å². The lowest BCUT2D eigenvalue weighted by atomic mass is 10.1. The maximum absolute atomic E-state index is 5.92. The fourth-order valence-electron chi connectivity index (χ4n) is 2.72. The third-order valence-electron chi connectivity index (χ3n) is 3.75. The van der Waals surface area contributed by atoms with E-state index in [-0.39, 0.29) is 0 Å². The third-order valence-corrected chi connectivity index (χ3v) is 3.97. The molecule has 3 nitrogen and oxygen atoms in total. The molecule has 1 aromatic carbocycles. The summed E-state index contributed by atoms with van der Waals surface area (Å²) < 4.78 is 0. The molecule has 1 fully saturated rings. The Balaban J connectivity index is 2.23. The SMILES string of the molecule is CCCN(c1c(C(N)=S)cnc2ccccc12)C1CC1. The number of pyridine rings is 1. The number of para-hydroxylation sites is 1. The number of rotatable bonds is 5. The van der Waals surface area contributed by atoms with Crippen LogP contribution in [0, 0.1) is 0 Å². The second-order valence-electron chi connectivity index (χ2n) is 5.33. The number of hydrogen-bond donors (Lipinski definition) is 1. The topological polar surface area (TPSA) is 42.1 Å². The number of hydrogen-bond acceptors (Lipinski definition) is 3. The van der Waals surface area contributed by atoms with Crippen molar-refractivity contribution in [3.8, 4) is 0 Å². The van der Waals surface area contributed by atoms with E-state index >= 15 is 0 Å². The van der Waals surface area contributed by atoms with Crippen LogP contribution in [-0.4, -0.2) is 22.6 Å². The lowest BCUT2D eigenvalue weighted by Crippen LogP contribution is -2.29. The molecule has 4 heteroatoms. The minimum absolute atomic E-state index is 0.431. The highest BCUT2D eigenvalue weighted by atomic mass is 32.1. The fourth-order valence-corrected chi connectivity index (χ4v) is 2.87. The van der Waals surface area contributed by atoms with Crippen LogP contribution in [0.4, 0.5) is 5.69 Å². The largest absolute Gasteiger partial charge is 0.389 e. The summed E-state index contributed by atoms with van der Waals surface area (Å²) in [5.74, 6) is 0. The number of nitrogens with two attached hydrogens (primary N) is 1. The van der Waals surface area contributed by atoms with Gasteiger partial charge in [0.2, 0.25) is 0 Å². The van der Waals surface area contributed by atoms with Crippen molar-refractivity contribution in [1.82, 2.24) is 4.98 Å². The molecule has 2 aromatic rings. The highest BCUT2D eigenvalue weighted by Gasteiger charge is 2.31. The van der Waals surface area contributed by atoms with E-state index in [4.69, 9.17) is 18.0 Å². The van der Waals surface area contributed by atoms with Crippen molar-refractivity contribution in [3.63, 3.8) is 0 Å². The highest BCUT2D eigenvalue weighted by Crippen LogP contribution is 2.37. The summed E-state index contributed by atoms with van der Waals surface area (Å²) in [4.78, 5) is 7.39. The summed E-state index contributed by atoms with van der Waals surface area (Å²) in [6.07, 6.45) is 5.45. The van der Waals surface area contributed by atoms with E-state index in [1.54, 1.807) is 0 Å². The summed E-state index contributed by atoms with van der Waals surface area (Å²) in [7, 11) is 0. The van der Waals surface area contributed by atoms with Crippen molar-refractivity contribution in [2.45, 2.75) is 32.2 Å². The molecule has 2 N–H and O–H groups in total. The normalized spacial score (nSPS) is 14.4. The van der Waals surface area contributed by atoms with E-state index in [1.807, 2.05) is 24.4 Å². The van der Waals surface area contributed by atoms with Gasteiger partial charge in [0.1, 0.15) is 4.99 Å². The second kappa shape index (κ2) is 5.37. The molecule has 1 saturated carbocycles. The van der Waals surface area contributed by atoms with Crippen LogP contribution in [0.5, 0.6) is 0 Å². The average Bonchev–Trinajstić information content (AvgIpc) is 3.28. The van der Waals surface area contributed by atoms with E-state index in [2.05, 4.69) is 22.9 Å². The maximum Gasteiger partial charge on any atom is 0.107 e. The van der Waals surface area contributed by atoms with Gasteiger partial charge in [-0.2, -0.15) is 0 Å². The Kier molecular flexibility index (Phi) is 3.57. The maximum atomic E-state index is 5.92. The van der Waals surface area contributed by atoms with Crippen LogP contribution >= 0.6 is 12.2 Å². The molecule has 0 aliphatic heterocycles. The minimum atomic E-state index is 0.431. The van der Waals surface area contributed by atoms with Crippen molar-refractivity contribution < 1.29 is 0 Å². The summed E-state index contributed by atoms with van der Waals surface area (Å²) in [6.45, 7) is 3.24. The van der Waals surface area contributed by atoms with Gasteiger partial charge in [0.25, 0.3) is 0 Å². The van der Waals surface area contributed by atoms with Crippen molar-refractivity contribution in [2.75, 3.05) is 11.4 Å². The molecular weight excluding hydrogens is 266 g/mol. The van der Waals surface area contributed by atoms with E-state index in [0.717, 1.165) is 29.4 Å². The van der Waals surface area contributed by atoms with Gasteiger partial charge in [0.15, 0.2) is 0 Å². The van der Waals surface area contributed by atoms with Crippen LogP contribution in [0.3, 0.4) is 0 Å². The van der Waals surface area contributed by atoms with Crippen molar-refractivity contribution in [2.24, 2.45) is 5.73 Å². The average molecular weight is 285 g/mol. The van der Waals surface area contributed by atoms with E-state index in [1.165, 1.54) is 18.5 Å². The molecule has 1 heterocycles. The molecule has 0 saturated heterocycles. The molecule has 0 bridgehead atoms. The van der Waals surface area contributed by atoms with Crippen molar-refractivity contribution in [1.29, 1.82) is 0 Å². The van der Waals surface area contributed by atoms with Gasteiger partial charge in [-0.15, -0.1) is 0 Å². The molecular formula is C16H19N3S. The predicted molar refractivity (Wildman–Crippen MR) is 88.3 cm³/mol. The standard InChI is InChI=1S/C16H19N3S/c1-2-9-19(11-7-8-11)15-12-5-3-4-6-14(12)18-10-13(15)16(17)20/h3-6,10-11H,2,7-9H2,1H3,(H2,17,20). The molecule has 0 atom stereocenters. The van der Waals surface area contributed by atoms with Crippen LogP contribution in [0.25, 0.3) is 10.9 Å². The van der Waals surface area contributed by atoms with Gasteiger partial charge in [-0.05, 0) is 25.3 Å². The van der Waals surface area contributed by atoms with Gasteiger partial charge in [0, 0.05) is 24.2 Å². The lowest BCUT2D eigenvalue weighted by molar-refractivity contribution is 0.765. The first-order valence-corrected chi connectivity index (χ1v) is 7.57. The monoisotopic (exact) mass is 285 g/mol. The lowest BCUT2D eigenvalue weighted by Gasteiger charge is -2.27. The fraction of sp³-hybridized carbons (Fsp3) is 0.375. The van der Waals surface area contributed by atoms with Crippen LogP contribution in [0.2, 0.25) is 0 Å². The van der Waals surface area contributed by atoms with Crippen LogP contribution in [-0.2, 0) is 0 Å². The molecule has 1 aromatic heterocycles. The molecule has 0 unspecified atom stereocenters. The zero-order chi connectivity index (χ0) is 14.1. The smallest absolute Gasteiger partial charge is 0.107 e. The zero-order valence-corrected chi connectivity index (χ0v) is 12.5. The Morgan fingerprint density at radius 1 is 1.40 bits per heavy atom. The van der Waals surface area contributed by atoms with Crippen LogP contribution in [0.1, 0.15) is 31.7 Å². The number of aromatic nitrogens is 1. The van der Waals surface area contributed by atoms with E-state index in [9.17, 15) is 0 Å². The van der Waals surface area contributed by atoms with Crippen LogP contribution in [0.15, 0.2) is 30.5 Å². The summed E-state index contributed by atoms with van der Waals surface area (Å²) in [5, 5.41) is 1.15. The summed E-state index contributed by atoms with van der Waals surface area (Å²) >= 11 is 5.23. The Labute approximate surface area is 124 Å². The van der Waals surface area contributed by atoms with Gasteiger partial charge in [-0.25, -0.2) is 0 Å². The molecule has 0 radical (unpaired) electrons. The molecule has 104 valence electrons. The minimum Gasteiger partial charge on any atom is -0.389 e. The van der Waals surface area contributed by atoms with Gasteiger partial charge in [-0.1, -0.05) is 37.3 Å². The van der Waals surface area contributed by atoms with Crippen molar-refractivity contribution in [3.05, 3.63) is 36.0 Å². The molecule has 3 rings (SSSR count). The molecule has 1 aliphatic carbocycles. The van der Waals surface area contributed by atoms with Gasteiger partial charge in [-0.3, -0.25) is 4.98 Å².